The Kier molecular flexibility index (Phi) is 266. The van der Waals surface area contributed by atoms with E-state index in [1.165, 1.54) is 0 Å². The molecule has 3 heteroatoms. The Labute approximate surface area is 67.5 Å². The normalized spacial score (nSPS) is 1.20. The molecule has 28 valence electrons. The van der Waals surface area contributed by atoms with Crippen molar-refractivity contribution in [2.75, 3.05) is 0 Å². The summed E-state index contributed by atoms with van der Waals surface area (Å²) in [4.78, 5) is 0. The van der Waals surface area contributed by atoms with Gasteiger partial charge in [-0.3, -0.25) is 0 Å². The molecule has 0 aromatic carbocycles. The van der Waals surface area contributed by atoms with Crippen molar-refractivity contribution in [3.8, 4) is 0 Å². The van der Waals surface area contributed by atoms with E-state index in [4.69, 9.17) is 0 Å². The zero-order chi connectivity index (χ0) is 2.00. The number of hydrogen-bond acceptors (Lipinski definition) is 0. The predicted octanol–water partition coefficient (Wildman–Crippen LogP) is -0.349. The van der Waals surface area contributed by atoms with Crippen LogP contribution in [0.1, 0.15) is 6.92 Å². The molecule has 0 aliphatic carbocycles. The Hall–Kier alpha value is 1.68. The molecule has 0 aliphatic rings. The molecule has 0 spiro atoms. The van der Waals surface area contributed by atoms with E-state index in [0.29, 0.717) is 0 Å². The zero-order valence-corrected chi connectivity index (χ0v) is 6.94. The first-order valence-electron chi connectivity index (χ1n) is 0.707. The molecule has 2 radical (unpaired) electrons. The van der Waals surface area contributed by atoms with E-state index in [-0.39, 0.29) is 53.9 Å². The average molecular weight is 179 g/mol. The van der Waals surface area contributed by atoms with Gasteiger partial charge in [-0.05, 0) is 0 Å². The quantitative estimate of drug-likeness (QED) is 0.446. The van der Waals surface area contributed by atoms with Crippen molar-refractivity contribution in [3.63, 3.8) is 0 Å². The van der Waals surface area contributed by atoms with Gasteiger partial charge in [-0.2, -0.15) is 0 Å². The van der Waals surface area contributed by atoms with E-state index in [0.717, 1.165) is 0 Å². The maximum Gasteiger partial charge on any atom is 0.187 e. The van der Waals surface area contributed by atoms with Crippen LogP contribution in [0.5, 0.6) is 0 Å². The van der Waals surface area contributed by atoms with Gasteiger partial charge in [0.2, 0.25) is 0 Å². The minimum atomic E-state index is 0. The second kappa shape index (κ2) is 44.2. The molecule has 0 atom stereocenters. The summed E-state index contributed by atoms with van der Waals surface area (Å²) < 4.78 is 0. The first-order valence-corrected chi connectivity index (χ1v) is 0.707. The second-order valence-corrected chi connectivity index (χ2v) is 0. The molecule has 0 heterocycles. The first-order chi connectivity index (χ1) is 1.00. The summed E-state index contributed by atoms with van der Waals surface area (Å²) in [6.07, 6.45) is 0. The molecule has 0 aromatic rings. The fraction of sp³-hybridized carbons (Fsp3) is 0.500. The summed E-state index contributed by atoms with van der Waals surface area (Å²) in [6, 6.07) is 0. The van der Waals surface area contributed by atoms with Gasteiger partial charge in [0.05, 0.1) is 0 Å². The SMILES string of the molecule is [AlH3].[CH2]C.[Mn].[Zn]. The van der Waals surface area contributed by atoms with E-state index in [1.807, 2.05) is 0 Å². The van der Waals surface area contributed by atoms with Gasteiger partial charge >= 0.3 is 0 Å². The minimum absolute atomic E-state index is 0. The van der Waals surface area contributed by atoms with Gasteiger partial charge in [0.25, 0.3) is 0 Å². The van der Waals surface area contributed by atoms with Crippen molar-refractivity contribution in [3.05, 3.63) is 6.92 Å². The summed E-state index contributed by atoms with van der Waals surface area (Å²) in [5, 5.41) is 0. The molecular weight excluding hydrogens is 171 g/mol. The van der Waals surface area contributed by atoms with Crippen LogP contribution in [0.25, 0.3) is 0 Å². The Morgan fingerprint density at radius 2 is 1.20 bits per heavy atom. The third-order valence-electron chi connectivity index (χ3n) is 0. The van der Waals surface area contributed by atoms with Gasteiger partial charge < -0.3 is 0 Å². The van der Waals surface area contributed by atoms with E-state index < -0.39 is 0 Å². The smallest absolute Gasteiger partial charge is 0.0654 e. The summed E-state index contributed by atoms with van der Waals surface area (Å²) >= 11 is 0. The molecule has 0 rings (SSSR count). The molecule has 5 heavy (non-hydrogen) atoms. The Morgan fingerprint density at radius 1 is 1.20 bits per heavy atom. The first kappa shape index (κ1) is 30.0. The monoisotopic (exact) mass is 178 g/mol. The minimum Gasteiger partial charge on any atom is -0.0654 e. The number of hydrogen-bond donors (Lipinski definition) is 0. The molecular formula is C2H8AlMnZn. The summed E-state index contributed by atoms with van der Waals surface area (Å²) in [5.41, 5.74) is 0. The fourth-order valence-corrected chi connectivity index (χ4v) is 0. The van der Waals surface area contributed by atoms with E-state index in [1.54, 1.807) is 6.92 Å². The van der Waals surface area contributed by atoms with Crippen LogP contribution in [-0.2, 0) is 36.5 Å². The van der Waals surface area contributed by atoms with Crippen LogP contribution in [0.3, 0.4) is 0 Å². The molecule has 0 bridgehead atoms. The Balaban J connectivity index is -0.00000000167. The molecule has 0 aromatic heterocycles. The molecule has 0 unspecified atom stereocenters. The molecule has 0 nitrogen and oxygen atoms in total. The van der Waals surface area contributed by atoms with E-state index in [2.05, 4.69) is 6.92 Å². The van der Waals surface area contributed by atoms with Crippen LogP contribution in [0.15, 0.2) is 0 Å². The number of rotatable bonds is 0. The summed E-state index contributed by atoms with van der Waals surface area (Å²) in [6.45, 7) is 5.00. The van der Waals surface area contributed by atoms with Crippen LogP contribution in [0.2, 0.25) is 0 Å². The Morgan fingerprint density at radius 3 is 1.20 bits per heavy atom. The molecule has 0 saturated carbocycles. The van der Waals surface area contributed by atoms with Gasteiger partial charge in [-0.25, -0.2) is 0 Å². The molecule has 0 saturated heterocycles. The fourth-order valence-electron chi connectivity index (χ4n) is 0. The van der Waals surface area contributed by atoms with Crippen molar-refractivity contribution < 1.29 is 36.5 Å². The maximum atomic E-state index is 3.25. The molecule has 0 amide bonds. The van der Waals surface area contributed by atoms with Gasteiger partial charge in [0.15, 0.2) is 17.4 Å². The van der Waals surface area contributed by atoms with Crippen molar-refractivity contribution in [1.82, 2.24) is 0 Å². The molecule has 0 fully saturated rings. The largest absolute Gasteiger partial charge is 0.187 e. The van der Waals surface area contributed by atoms with Gasteiger partial charge in [0.1, 0.15) is 0 Å². The predicted molar refractivity (Wildman–Crippen MR) is 21.0 cm³/mol. The van der Waals surface area contributed by atoms with Crippen molar-refractivity contribution in [2.24, 2.45) is 0 Å². The molecule has 0 aliphatic heterocycles. The van der Waals surface area contributed by atoms with Gasteiger partial charge in [-0.1, -0.05) is 13.8 Å². The maximum absolute atomic E-state index is 3.25. The summed E-state index contributed by atoms with van der Waals surface area (Å²) in [5.74, 6) is 0. The third-order valence-corrected chi connectivity index (χ3v) is 0. The average Bonchev–Trinajstić information content (AvgIpc) is 1.00. The van der Waals surface area contributed by atoms with Gasteiger partial charge in [-0.15, -0.1) is 0 Å². The second-order valence-electron chi connectivity index (χ2n) is 0. The topological polar surface area (TPSA) is 0 Å². The van der Waals surface area contributed by atoms with Crippen molar-refractivity contribution in [1.29, 1.82) is 0 Å². The van der Waals surface area contributed by atoms with Crippen LogP contribution >= 0.6 is 0 Å². The van der Waals surface area contributed by atoms with Crippen LogP contribution in [0, 0.1) is 6.92 Å². The summed E-state index contributed by atoms with van der Waals surface area (Å²) in [7, 11) is 0. The zero-order valence-electron chi connectivity index (χ0n) is 2.79. The van der Waals surface area contributed by atoms with E-state index in [9.17, 15) is 0 Å². The molecule has 0 N–H and O–H groups in total. The standard InChI is InChI=1S/C2H5.Al.Mn.Zn.3H/c1-2;;;;;;/h1H2,2H3;;;;;;. The van der Waals surface area contributed by atoms with Crippen molar-refractivity contribution in [2.45, 2.75) is 6.92 Å². The third kappa shape index (κ3) is 27.3. The van der Waals surface area contributed by atoms with Crippen LogP contribution in [0.4, 0.5) is 0 Å². The van der Waals surface area contributed by atoms with E-state index >= 15 is 0 Å². The van der Waals surface area contributed by atoms with Crippen LogP contribution < -0.4 is 0 Å². The van der Waals surface area contributed by atoms with Crippen LogP contribution in [-0.4, -0.2) is 17.4 Å². The Bertz CT molecular complexity index is 9.61. The van der Waals surface area contributed by atoms with Crippen molar-refractivity contribution >= 4 is 17.4 Å². The van der Waals surface area contributed by atoms with Gasteiger partial charge in [0, 0.05) is 36.5 Å².